The Kier molecular flexibility index (Phi) is 6.83. The maximum absolute atomic E-state index is 13.2. The normalized spacial score (nSPS) is 17.2. The van der Waals surface area contributed by atoms with E-state index in [9.17, 15) is 19.8 Å². The largest absolute Gasteiger partial charge is 0.507 e. The van der Waals surface area contributed by atoms with E-state index in [0.29, 0.717) is 28.6 Å². The van der Waals surface area contributed by atoms with Crippen molar-refractivity contribution in [2.24, 2.45) is 0 Å². The number of carbonyl (C=O) groups is 2. The number of phenols is 1. The average molecular weight is 481 g/mol. The summed E-state index contributed by atoms with van der Waals surface area (Å²) in [6.45, 7) is 2.59. The van der Waals surface area contributed by atoms with Crippen LogP contribution in [0.3, 0.4) is 0 Å². The van der Waals surface area contributed by atoms with Gasteiger partial charge < -0.3 is 19.7 Å². The molecule has 1 saturated heterocycles. The summed E-state index contributed by atoms with van der Waals surface area (Å²) >= 11 is 1.20. The molecule has 9 heteroatoms. The van der Waals surface area contributed by atoms with E-state index in [2.05, 4.69) is 11.9 Å². The fourth-order valence-corrected chi connectivity index (χ4v) is 4.43. The van der Waals surface area contributed by atoms with Gasteiger partial charge in [-0.25, -0.2) is 4.98 Å². The van der Waals surface area contributed by atoms with E-state index < -0.39 is 17.7 Å². The quantitative estimate of drug-likeness (QED) is 0.209. The molecule has 1 aromatic heterocycles. The summed E-state index contributed by atoms with van der Waals surface area (Å²) in [5.41, 5.74) is 0.737. The van der Waals surface area contributed by atoms with Crippen LogP contribution in [0.4, 0.5) is 5.13 Å². The van der Waals surface area contributed by atoms with Crippen LogP contribution in [-0.4, -0.2) is 40.6 Å². The Morgan fingerprint density at radius 3 is 2.74 bits per heavy atom. The number of methoxy groups -OCH3 is 1. The number of hydrogen-bond acceptors (Lipinski definition) is 8. The van der Waals surface area contributed by atoms with Gasteiger partial charge in [0, 0.05) is 17.1 Å². The highest BCUT2D eigenvalue weighted by molar-refractivity contribution is 7.14. The van der Waals surface area contributed by atoms with Crippen molar-refractivity contribution in [2.45, 2.75) is 25.8 Å². The minimum absolute atomic E-state index is 0.0846. The number of hydrogen-bond donors (Lipinski definition) is 2. The lowest BCUT2D eigenvalue weighted by Gasteiger charge is -2.23. The standard InChI is InChI=1S/C25H24N2O6S/c1-3-4-11-33-17-7-5-6-16(13-17)22(29)20-21(15-8-9-18(28)19(14-15)32-2)27(24(31)23(20)30)25-26-10-12-34-25/h5-10,12-14,21,28-29H,3-4,11H2,1-2H3/b22-20+. The molecule has 0 spiro atoms. The van der Waals surface area contributed by atoms with E-state index in [-0.39, 0.29) is 22.8 Å². The zero-order valence-corrected chi connectivity index (χ0v) is 19.5. The number of ether oxygens (including phenoxy) is 2. The molecule has 1 fully saturated rings. The van der Waals surface area contributed by atoms with E-state index >= 15 is 0 Å². The average Bonchev–Trinajstić information content (AvgIpc) is 3.46. The maximum Gasteiger partial charge on any atom is 0.301 e. The first-order valence-electron chi connectivity index (χ1n) is 10.8. The second-order valence-corrected chi connectivity index (χ2v) is 8.52. The molecule has 0 bridgehead atoms. The monoisotopic (exact) mass is 480 g/mol. The summed E-state index contributed by atoms with van der Waals surface area (Å²) in [6.07, 6.45) is 3.40. The van der Waals surface area contributed by atoms with Crippen molar-refractivity contribution in [1.82, 2.24) is 4.98 Å². The Bertz CT molecular complexity index is 1240. The number of unbranched alkanes of at least 4 members (excludes halogenated alkanes) is 1. The molecular formula is C25H24N2O6S. The van der Waals surface area contributed by atoms with E-state index in [0.717, 1.165) is 12.8 Å². The number of aromatic nitrogens is 1. The van der Waals surface area contributed by atoms with Crippen LogP contribution < -0.4 is 14.4 Å². The van der Waals surface area contributed by atoms with Crippen LogP contribution in [0.2, 0.25) is 0 Å². The molecule has 176 valence electrons. The molecule has 0 saturated carbocycles. The molecule has 4 rings (SSSR count). The molecule has 0 radical (unpaired) electrons. The second kappa shape index (κ2) is 9.96. The zero-order valence-electron chi connectivity index (χ0n) is 18.7. The smallest absolute Gasteiger partial charge is 0.301 e. The van der Waals surface area contributed by atoms with Crippen molar-refractivity contribution in [3.8, 4) is 17.2 Å². The van der Waals surface area contributed by atoms with E-state index in [1.54, 1.807) is 35.7 Å². The minimum Gasteiger partial charge on any atom is -0.507 e. The van der Waals surface area contributed by atoms with Crippen LogP contribution in [0.1, 0.15) is 36.9 Å². The van der Waals surface area contributed by atoms with Crippen molar-refractivity contribution in [2.75, 3.05) is 18.6 Å². The van der Waals surface area contributed by atoms with Gasteiger partial charge in [-0.1, -0.05) is 31.5 Å². The highest BCUT2D eigenvalue weighted by atomic mass is 32.1. The van der Waals surface area contributed by atoms with E-state index in [1.807, 2.05) is 0 Å². The molecule has 3 aromatic rings. The first kappa shape index (κ1) is 23.3. The first-order chi connectivity index (χ1) is 16.5. The first-order valence-corrected chi connectivity index (χ1v) is 11.6. The minimum atomic E-state index is -0.967. The van der Waals surface area contributed by atoms with Gasteiger partial charge in [0.1, 0.15) is 11.5 Å². The molecule has 2 heterocycles. The number of anilines is 1. The molecule has 34 heavy (non-hydrogen) atoms. The summed E-state index contributed by atoms with van der Waals surface area (Å²) in [6, 6.07) is 10.3. The maximum atomic E-state index is 13.2. The lowest BCUT2D eigenvalue weighted by atomic mass is 9.95. The number of carbonyl (C=O) groups excluding carboxylic acids is 2. The predicted molar refractivity (Wildman–Crippen MR) is 128 cm³/mol. The van der Waals surface area contributed by atoms with Crippen LogP contribution in [-0.2, 0) is 9.59 Å². The van der Waals surface area contributed by atoms with Gasteiger partial charge in [-0.2, -0.15) is 0 Å². The number of nitrogens with zero attached hydrogens (tertiary/aromatic N) is 2. The van der Waals surface area contributed by atoms with Crippen molar-refractivity contribution in [3.63, 3.8) is 0 Å². The van der Waals surface area contributed by atoms with E-state index in [1.165, 1.54) is 41.7 Å². The number of benzene rings is 2. The third-order valence-electron chi connectivity index (χ3n) is 5.46. The molecule has 1 aliphatic rings. The van der Waals surface area contributed by atoms with Gasteiger partial charge in [-0.3, -0.25) is 14.5 Å². The molecular weight excluding hydrogens is 456 g/mol. The summed E-state index contributed by atoms with van der Waals surface area (Å²) in [5, 5.41) is 23.3. The van der Waals surface area contributed by atoms with Crippen molar-refractivity contribution < 1.29 is 29.3 Å². The number of aliphatic hydroxyl groups excluding tert-OH is 1. The Hall–Kier alpha value is -3.85. The van der Waals surface area contributed by atoms with Crippen LogP contribution in [0.15, 0.2) is 59.6 Å². The lowest BCUT2D eigenvalue weighted by molar-refractivity contribution is -0.132. The predicted octanol–water partition coefficient (Wildman–Crippen LogP) is 4.66. The van der Waals surface area contributed by atoms with Crippen LogP contribution in [0, 0.1) is 0 Å². The molecule has 0 aliphatic carbocycles. The highest BCUT2D eigenvalue weighted by Gasteiger charge is 2.48. The number of phenolic OH excluding ortho intramolecular Hbond substituents is 1. The van der Waals surface area contributed by atoms with Gasteiger partial charge in [0.2, 0.25) is 0 Å². The third kappa shape index (κ3) is 4.34. The molecule has 1 atom stereocenters. The number of ketones is 1. The summed E-state index contributed by atoms with van der Waals surface area (Å²) in [4.78, 5) is 31.7. The van der Waals surface area contributed by atoms with Crippen molar-refractivity contribution >= 4 is 33.9 Å². The van der Waals surface area contributed by atoms with Gasteiger partial charge in [0.05, 0.1) is 25.3 Å². The van der Waals surface area contributed by atoms with Crippen LogP contribution in [0.25, 0.3) is 5.76 Å². The summed E-state index contributed by atoms with van der Waals surface area (Å²) in [7, 11) is 1.40. The number of thiazole rings is 1. The second-order valence-electron chi connectivity index (χ2n) is 7.64. The highest BCUT2D eigenvalue weighted by Crippen LogP contribution is 2.44. The SMILES string of the molecule is CCCCOc1cccc(/C(O)=C2\C(=O)C(=O)N(c3nccs3)C2c2ccc(O)c(OC)c2)c1. The zero-order chi connectivity index (χ0) is 24.2. The molecule has 2 N–H and O–H groups in total. The Balaban J connectivity index is 1.85. The van der Waals surface area contributed by atoms with Gasteiger partial charge in [-0.05, 0) is 36.2 Å². The topological polar surface area (TPSA) is 109 Å². The molecule has 2 aromatic carbocycles. The number of Topliss-reactive ketones (excluding diaryl/α,β-unsaturated/α-hetero) is 1. The van der Waals surface area contributed by atoms with E-state index in [4.69, 9.17) is 9.47 Å². The Morgan fingerprint density at radius 2 is 2.03 bits per heavy atom. The van der Waals surface area contributed by atoms with Crippen LogP contribution >= 0.6 is 11.3 Å². The fourth-order valence-electron chi connectivity index (χ4n) is 3.77. The van der Waals surface area contributed by atoms with Gasteiger partial charge in [0.15, 0.2) is 16.6 Å². The van der Waals surface area contributed by atoms with Gasteiger partial charge in [0.25, 0.3) is 5.78 Å². The number of amides is 1. The van der Waals surface area contributed by atoms with Crippen LogP contribution in [0.5, 0.6) is 17.2 Å². The third-order valence-corrected chi connectivity index (χ3v) is 6.23. The van der Waals surface area contributed by atoms with Crippen molar-refractivity contribution in [1.29, 1.82) is 0 Å². The summed E-state index contributed by atoms with van der Waals surface area (Å²) < 4.78 is 11.0. The molecule has 1 amide bonds. The van der Waals surface area contributed by atoms with Crippen molar-refractivity contribution in [3.05, 3.63) is 70.7 Å². The number of rotatable bonds is 8. The van der Waals surface area contributed by atoms with Gasteiger partial charge in [-0.15, -0.1) is 11.3 Å². The fraction of sp³-hybridized carbons (Fsp3) is 0.240. The Morgan fingerprint density at radius 1 is 1.21 bits per heavy atom. The lowest BCUT2D eigenvalue weighted by Crippen LogP contribution is -2.29. The Labute approximate surface area is 200 Å². The molecule has 1 aliphatic heterocycles. The number of aliphatic hydroxyl groups is 1. The number of aromatic hydroxyl groups is 1. The molecule has 1 unspecified atom stereocenters. The van der Waals surface area contributed by atoms with Gasteiger partial charge >= 0.3 is 5.91 Å². The molecule has 8 nitrogen and oxygen atoms in total. The summed E-state index contributed by atoms with van der Waals surface area (Å²) in [5.74, 6) is -1.32.